The average molecular weight is 282 g/mol. The van der Waals surface area contributed by atoms with Crippen LogP contribution in [0.5, 0.6) is 0 Å². The van der Waals surface area contributed by atoms with E-state index in [9.17, 15) is 35.5 Å². The van der Waals surface area contributed by atoms with Crippen LogP contribution >= 0.6 is 23.6 Å². The maximum absolute atomic E-state index is 12.3. The quantitative estimate of drug-likeness (QED) is 0.563. The summed E-state index contributed by atoms with van der Waals surface area (Å²) < 4.78 is 82.1. The number of alkyl halides is 7. The minimum absolute atomic E-state index is 1.10. The summed E-state index contributed by atoms with van der Waals surface area (Å²) >= 11 is 8.67. The van der Waals surface area contributed by atoms with Gasteiger partial charge in [0.15, 0.2) is 0 Å². The second-order valence-electron chi connectivity index (χ2n) is 2.18. The third kappa shape index (κ3) is 2.39. The second kappa shape index (κ2) is 3.85. The van der Waals surface area contributed by atoms with Crippen LogP contribution in [-0.2, 0) is 4.79 Å². The molecule has 90 valence electrons. The average Bonchev–Trinajstić information content (AvgIpc) is 2.00. The summed E-state index contributed by atoms with van der Waals surface area (Å²) in [5.74, 6) is -15.7. The summed E-state index contributed by atoms with van der Waals surface area (Å²) in [6, 6.07) is 0. The molecule has 0 N–H and O–H groups in total. The Morgan fingerprint density at radius 3 is 1.47 bits per heavy atom. The fourth-order valence-corrected chi connectivity index (χ4v) is 0.631. The Labute approximate surface area is 87.7 Å². The van der Waals surface area contributed by atoms with Crippen molar-refractivity contribution in [2.24, 2.45) is 0 Å². The number of hydrogen-bond acceptors (Lipinski definition) is 1. The first-order valence-corrected chi connectivity index (χ1v) is 3.51. The zero-order valence-electron chi connectivity index (χ0n) is 6.26. The highest BCUT2D eigenvalue weighted by Crippen LogP contribution is 2.47. The molecule has 15 heavy (non-hydrogen) atoms. The summed E-state index contributed by atoms with van der Waals surface area (Å²) in [4.78, 5) is 10.2. The van der Waals surface area contributed by atoms with E-state index in [0.717, 1.165) is 0 Å². The first kappa shape index (κ1) is 14.6. The van der Waals surface area contributed by atoms with Gasteiger partial charge in [-0.1, -0.05) is 0 Å². The van der Waals surface area contributed by atoms with E-state index in [4.69, 9.17) is 0 Å². The van der Waals surface area contributed by atoms with Crippen molar-refractivity contribution >= 4 is 29.5 Å². The predicted octanol–water partition coefficient (Wildman–Crippen LogP) is 2.96. The molecule has 0 aromatic heterocycles. The van der Waals surface area contributed by atoms with Gasteiger partial charge in [0.1, 0.15) is 0 Å². The van der Waals surface area contributed by atoms with E-state index < -0.39 is 27.9 Å². The zero-order valence-corrected chi connectivity index (χ0v) is 7.77. The number of hydrogen-bond donors (Lipinski definition) is 0. The number of carbonyl (C=O) groups excluding carboxylic acids is 1. The Balaban J connectivity index is 5.29. The predicted molar refractivity (Wildman–Crippen MR) is 34.5 cm³/mol. The normalized spacial score (nSPS) is 13.9. The van der Waals surface area contributed by atoms with E-state index in [-0.39, 0.29) is 0 Å². The molecule has 0 fully saturated rings. The lowest BCUT2D eigenvalue weighted by Crippen LogP contribution is -2.57. The van der Waals surface area contributed by atoms with Crippen molar-refractivity contribution in [1.29, 1.82) is 0 Å². The minimum Gasteiger partial charge on any atom is -0.265 e. The SMILES string of the molecule is O=C(N(Cl)Cl)C(F)(F)C(F)(F)C(F)(F)F. The molecule has 0 saturated carbocycles. The van der Waals surface area contributed by atoms with Gasteiger partial charge in [-0.3, -0.25) is 4.79 Å². The van der Waals surface area contributed by atoms with Gasteiger partial charge in [0.2, 0.25) is 0 Å². The highest BCUT2D eigenvalue weighted by Gasteiger charge is 2.77. The standard InChI is InChI=1S/C4Cl2F7NO/c5-14(6)1(15)2(7,8)3(9,10)4(11,12)13. The van der Waals surface area contributed by atoms with E-state index in [1.54, 1.807) is 0 Å². The molecule has 0 bridgehead atoms. The minimum atomic E-state index is -6.60. The van der Waals surface area contributed by atoms with Gasteiger partial charge in [-0.15, -0.1) is 0 Å². The molecule has 0 aliphatic heterocycles. The number of carbonyl (C=O) groups is 1. The van der Waals surface area contributed by atoms with Crippen molar-refractivity contribution in [2.75, 3.05) is 0 Å². The molecule has 0 radical (unpaired) electrons. The van der Waals surface area contributed by atoms with Crippen molar-refractivity contribution in [3.8, 4) is 0 Å². The number of amides is 1. The molecule has 1 amide bonds. The van der Waals surface area contributed by atoms with Crippen molar-refractivity contribution in [2.45, 2.75) is 18.0 Å². The Kier molecular flexibility index (Phi) is 3.74. The van der Waals surface area contributed by atoms with Gasteiger partial charge in [0.05, 0.1) is 0 Å². The molecule has 2 nitrogen and oxygen atoms in total. The smallest absolute Gasteiger partial charge is 0.265 e. The molecule has 0 aliphatic carbocycles. The monoisotopic (exact) mass is 281 g/mol. The van der Waals surface area contributed by atoms with Gasteiger partial charge in [-0.05, 0) is 0 Å². The van der Waals surface area contributed by atoms with Crippen LogP contribution < -0.4 is 0 Å². The van der Waals surface area contributed by atoms with Crippen LogP contribution in [0.25, 0.3) is 0 Å². The van der Waals surface area contributed by atoms with E-state index >= 15 is 0 Å². The maximum atomic E-state index is 12.3. The lowest BCUT2D eigenvalue weighted by molar-refractivity contribution is -0.344. The lowest BCUT2D eigenvalue weighted by atomic mass is 10.1. The van der Waals surface area contributed by atoms with Crippen LogP contribution in [0.2, 0.25) is 0 Å². The molecular formula is C4Cl2F7NO. The lowest BCUT2D eigenvalue weighted by Gasteiger charge is -2.27. The van der Waals surface area contributed by atoms with E-state index in [2.05, 4.69) is 23.6 Å². The fourth-order valence-electron chi connectivity index (χ4n) is 0.418. The first-order chi connectivity index (χ1) is 6.35. The second-order valence-corrected chi connectivity index (χ2v) is 3.03. The van der Waals surface area contributed by atoms with Crippen LogP contribution in [0.1, 0.15) is 0 Å². The van der Waals surface area contributed by atoms with Crippen LogP contribution in [0.15, 0.2) is 0 Å². The maximum Gasteiger partial charge on any atom is 0.460 e. The van der Waals surface area contributed by atoms with Gasteiger partial charge < -0.3 is 0 Å². The zero-order chi connectivity index (χ0) is 12.7. The molecular weight excluding hydrogens is 282 g/mol. The Morgan fingerprint density at radius 1 is 0.933 bits per heavy atom. The van der Waals surface area contributed by atoms with E-state index in [0.29, 0.717) is 0 Å². The van der Waals surface area contributed by atoms with Crippen molar-refractivity contribution in [3.05, 3.63) is 0 Å². The molecule has 0 aliphatic rings. The third-order valence-electron chi connectivity index (χ3n) is 1.17. The molecule has 0 atom stereocenters. The van der Waals surface area contributed by atoms with E-state index in [1.165, 1.54) is 0 Å². The molecule has 0 unspecified atom stereocenters. The largest absolute Gasteiger partial charge is 0.460 e. The molecule has 0 saturated heterocycles. The van der Waals surface area contributed by atoms with Gasteiger partial charge in [0, 0.05) is 23.6 Å². The van der Waals surface area contributed by atoms with Crippen LogP contribution in [0.4, 0.5) is 30.7 Å². The fraction of sp³-hybridized carbons (Fsp3) is 0.750. The highest BCUT2D eigenvalue weighted by atomic mass is 35.5. The van der Waals surface area contributed by atoms with E-state index in [1.807, 2.05) is 0 Å². The van der Waals surface area contributed by atoms with Crippen LogP contribution in [-0.4, -0.2) is 27.9 Å². The first-order valence-electron chi connectivity index (χ1n) is 2.84. The highest BCUT2D eigenvalue weighted by molar-refractivity contribution is 6.42. The number of rotatable bonds is 2. The topological polar surface area (TPSA) is 20.3 Å². The van der Waals surface area contributed by atoms with Gasteiger partial charge >= 0.3 is 23.9 Å². The molecule has 0 aromatic carbocycles. The molecule has 0 aromatic rings. The summed E-state index contributed by atoms with van der Waals surface area (Å²) in [5, 5.41) is 0. The summed E-state index contributed by atoms with van der Waals surface area (Å²) in [6.45, 7) is 0. The molecule has 0 rings (SSSR count). The van der Waals surface area contributed by atoms with Crippen molar-refractivity contribution in [3.63, 3.8) is 0 Å². The van der Waals surface area contributed by atoms with Gasteiger partial charge in [-0.25, -0.2) is 0 Å². The number of halogens is 9. The Bertz CT molecular complexity index is 262. The van der Waals surface area contributed by atoms with Gasteiger partial charge in [-0.2, -0.15) is 34.7 Å². The van der Waals surface area contributed by atoms with Crippen molar-refractivity contribution in [1.82, 2.24) is 3.94 Å². The summed E-state index contributed by atoms with van der Waals surface area (Å²) in [6.07, 6.45) is -6.60. The molecule has 0 heterocycles. The molecule has 0 spiro atoms. The Morgan fingerprint density at radius 2 is 1.27 bits per heavy atom. The van der Waals surface area contributed by atoms with Crippen LogP contribution in [0.3, 0.4) is 0 Å². The van der Waals surface area contributed by atoms with Crippen LogP contribution in [0, 0.1) is 0 Å². The van der Waals surface area contributed by atoms with Gasteiger partial charge in [0.25, 0.3) is 0 Å². The van der Waals surface area contributed by atoms with Crippen molar-refractivity contribution < 1.29 is 35.5 Å². The Hall–Kier alpha value is -0.440. The number of nitrogens with zero attached hydrogens (tertiary/aromatic N) is 1. The summed E-state index contributed by atoms with van der Waals surface area (Å²) in [5.41, 5.74) is 0. The molecule has 11 heteroatoms. The summed E-state index contributed by atoms with van der Waals surface area (Å²) in [7, 11) is 0. The third-order valence-corrected chi connectivity index (χ3v) is 1.48.